The van der Waals surface area contributed by atoms with Crippen molar-refractivity contribution in [3.8, 4) is 0 Å². The number of hydrogen-bond donors (Lipinski definition) is 1. The third-order valence-corrected chi connectivity index (χ3v) is 0.402. The second-order valence-corrected chi connectivity index (χ2v) is 0.793. The molecule has 0 radical (unpaired) electrons. The van der Waals surface area contributed by atoms with E-state index in [4.69, 9.17) is 8.22 Å². The molecule has 2 heteroatoms. The van der Waals surface area contributed by atoms with Crippen LogP contribution in [0.15, 0.2) is 0 Å². The van der Waals surface area contributed by atoms with Crippen molar-refractivity contribution in [2.24, 2.45) is 0 Å². The number of morpholine rings is 1. The highest BCUT2D eigenvalue weighted by Crippen LogP contribution is 1.76. The Morgan fingerprint density at radius 3 is 2.67 bits per heavy atom. The van der Waals surface area contributed by atoms with Gasteiger partial charge in [-0.2, -0.15) is 0 Å². The molecule has 0 spiro atoms. The van der Waals surface area contributed by atoms with Gasteiger partial charge in [0.1, 0.15) is 0 Å². The van der Waals surface area contributed by atoms with E-state index in [1.54, 1.807) is 0 Å². The smallest absolute Gasteiger partial charge is 0.0591 e. The minimum Gasteiger partial charge on any atom is -0.379 e. The maximum Gasteiger partial charge on any atom is 0.0591 e. The van der Waals surface area contributed by atoms with Gasteiger partial charge in [-0.05, 0) is 0 Å². The van der Waals surface area contributed by atoms with E-state index in [0.29, 0.717) is 0 Å². The van der Waals surface area contributed by atoms with Gasteiger partial charge in [-0.3, -0.25) is 0 Å². The topological polar surface area (TPSA) is 21.3 Å². The Balaban J connectivity index is 2.78. The largest absolute Gasteiger partial charge is 0.379 e. The lowest BCUT2D eigenvalue weighted by molar-refractivity contribution is 0.109. The molecule has 1 aliphatic rings. The van der Waals surface area contributed by atoms with E-state index in [1.165, 1.54) is 0 Å². The van der Waals surface area contributed by atoms with E-state index in [1.807, 2.05) is 0 Å². The highest BCUT2D eigenvalue weighted by molar-refractivity contribution is 4.49. The van der Waals surface area contributed by atoms with Crippen LogP contribution in [0.4, 0.5) is 0 Å². The van der Waals surface area contributed by atoms with Crippen LogP contribution in [0.25, 0.3) is 0 Å². The summed E-state index contributed by atoms with van der Waals surface area (Å²) in [4.78, 5) is 0. The van der Waals surface area contributed by atoms with Crippen LogP contribution in [0.3, 0.4) is 0 Å². The molecule has 1 rings (SSSR count). The van der Waals surface area contributed by atoms with Gasteiger partial charge in [-0.25, -0.2) is 0 Å². The second kappa shape index (κ2) is 2.16. The molecule has 2 nitrogen and oxygen atoms in total. The van der Waals surface area contributed by atoms with Crippen LogP contribution >= 0.6 is 0 Å². The van der Waals surface area contributed by atoms with Crippen LogP contribution in [-0.2, 0) is 4.74 Å². The maximum atomic E-state index is 7.08. The first-order valence-electron chi connectivity index (χ1n) is 4.72. The summed E-state index contributed by atoms with van der Waals surface area (Å²) < 4.78 is 46.7. The molecule has 1 N–H and O–H groups in total. The average Bonchev–Trinajstić information content (AvgIpc) is 1.82. The quantitative estimate of drug-likeness (QED) is 0.440. The van der Waals surface area contributed by atoms with Crippen molar-refractivity contribution in [2.45, 2.75) is 0 Å². The molecule has 1 aliphatic heterocycles. The monoisotopic (exact) mass is 93.1 g/mol. The second-order valence-electron chi connectivity index (χ2n) is 0.793. The van der Waals surface area contributed by atoms with Crippen LogP contribution in [0.2, 0.25) is 0 Å². The fraction of sp³-hybridized carbons (Fsp3) is 1.00. The third-order valence-electron chi connectivity index (χ3n) is 0.402. The first-order valence-corrected chi connectivity index (χ1v) is 1.56. The molecule has 2 unspecified atom stereocenters. The van der Waals surface area contributed by atoms with Crippen molar-refractivity contribution < 1.29 is 13.0 Å². The summed E-state index contributed by atoms with van der Waals surface area (Å²) in [6.45, 7) is -7.63. The molecular formula is C4H9NO. The Bertz CT molecular complexity index is 166. The summed E-state index contributed by atoms with van der Waals surface area (Å²) in [5, 5.41) is 2.12. The summed E-state index contributed by atoms with van der Waals surface area (Å²) >= 11 is 0. The molecule has 0 aromatic rings. The predicted molar refractivity (Wildman–Crippen MR) is 23.7 cm³/mol. The SMILES string of the molecule is [2H]C1NC([2H])C([2H])([2H])OC1([2H])[2H]. The van der Waals surface area contributed by atoms with Crippen molar-refractivity contribution >= 4 is 0 Å². The Morgan fingerprint density at radius 1 is 1.50 bits per heavy atom. The average molecular weight is 93.2 g/mol. The summed E-state index contributed by atoms with van der Waals surface area (Å²) in [7, 11) is 0. The molecule has 1 fully saturated rings. The van der Waals surface area contributed by atoms with Gasteiger partial charge in [0, 0.05) is 15.8 Å². The third kappa shape index (κ3) is 0.954. The van der Waals surface area contributed by atoms with Crippen LogP contribution in [0, 0.1) is 0 Å². The minimum absolute atomic E-state index is 1.43. The lowest BCUT2D eigenvalue weighted by atomic mass is 10.5. The van der Waals surface area contributed by atoms with Gasteiger partial charge in [-0.1, -0.05) is 0 Å². The molecule has 0 aliphatic carbocycles. The molecule has 6 heavy (non-hydrogen) atoms. The van der Waals surface area contributed by atoms with Crippen LogP contribution in [-0.4, -0.2) is 26.2 Å². The van der Waals surface area contributed by atoms with E-state index in [9.17, 15) is 0 Å². The number of rotatable bonds is 0. The lowest BCUT2D eigenvalue weighted by Crippen LogP contribution is -2.30. The van der Waals surface area contributed by atoms with Crippen molar-refractivity contribution in [3.63, 3.8) is 0 Å². The van der Waals surface area contributed by atoms with Crippen molar-refractivity contribution in [3.05, 3.63) is 0 Å². The van der Waals surface area contributed by atoms with E-state index < -0.39 is 26.2 Å². The van der Waals surface area contributed by atoms with Crippen LogP contribution in [0.1, 0.15) is 8.22 Å². The van der Waals surface area contributed by atoms with Gasteiger partial charge >= 0.3 is 0 Å². The first kappa shape index (κ1) is 1.01. The molecule has 1 heterocycles. The fourth-order valence-corrected chi connectivity index (χ4v) is 0.203. The summed E-state index contributed by atoms with van der Waals surface area (Å²) in [5.74, 6) is 0. The van der Waals surface area contributed by atoms with Crippen molar-refractivity contribution in [1.29, 1.82) is 0 Å². The number of ether oxygens (including phenoxy) is 1. The Morgan fingerprint density at radius 2 is 2.17 bits per heavy atom. The number of nitrogens with one attached hydrogen (secondary N) is 1. The standard InChI is InChI=1S/C4H9NO/c1-3-6-4-2-5-1/h5H,1-4H2/i1D,2D,3D2,4D2. The highest BCUT2D eigenvalue weighted by Gasteiger charge is 1.92. The molecular weight excluding hydrogens is 78.0 g/mol. The van der Waals surface area contributed by atoms with Crippen LogP contribution < -0.4 is 5.32 Å². The molecule has 36 valence electrons. The molecule has 0 aromatic carbocycles. The Hall–Kier alpha value is -0.0800. The normalized spacial score (nSPS) is 80.0. The van der Waals surface area contributed by atoms with Gasteiger partial charge in [-0.15, -0.1) is 0 Å². The van der Waals surface area contributed by atoms with E-state index in [0.717, 1.165) is 0 Å². The van der Waals surface area contributed by atoms with E-state index >= 15 is 0 Å². The van der Waals surface area contributed by atoms with E-state index in [-0.39, 0.29) is 0 Å². The van der Waals surface area contributed by atoms with Crippen LogP contribution in [0.5, 0.6) is 0 Å². The summed E-state index contributed by atoms with van der Waals surface area (Å²) in [6.07, 6.45) is 0. The van der Waals surface area contributed by atoms with Crippen molar-refractivity contribution in [1.82, 2.24) is 5.32 Å². The van der Waals surface area contributed by atoms with Crippen molar-refractivity contribution in [2.75, 3.05) is 26.2 Å². The molecule has 1 saturated heterocycles. The Labute approximate surface area is 45.9 Å². The molecule has 0 bridgehead atoms. The highest BCUT2D eigenvalue weighted by atomic mass is 16.5. The maximum absolute atomic E-state index is 7.08. The number of hydrogen-bond acceptors (Lipinski definition) is 2. The van der Waals surface area contributed by atoms with E-state index in [2.05, 4.69) is 10.1 Å². The zero-order valence-corrected chi connectivity index (χ0v) is 3.06. The van der Waals surface area contributed by atoms with Gasteiger partial charge < -0.3 is 10.1 Å². The zero-order valence-electron chi connectivity index (χ0n) is 9.06. The first-order chi connectivity index (χ1) is 5.26. The summed E-state index contributed by atoms with van der Waals surface area (Å²) in [5.41, 5.74) is 0. The lowest BCUT2D eigenvalue weighted by Gasteiger charge is -2.10. The zero-order chi connectivity index (χ0) is 9.57. The molecule has 0 saturated carbocycles. The predicted octanol–water partition coefficient (Wildman–Crippen LogP) is -0.394. The molecule has 2 atom stereocenters. The Kier molecular flexibility index (Phi) is 0.363. The van der Waals surface area contributed by atoms with Gasteiger partial charge in [0.05, 0.1) is 18.6 Å². The molecule has 0 aromatic heterocycles. The molecule has 0 amide bonds. The van der Waals surface area contributed by atoms with Gasteiger partial charge in [0.2, 0.25) is 0 Å². The van der Waals surface area contributed by atoms with Gasteiger partial charge in [0.25, 0.3) is 0 Å². The summed E-state index contributed by atoms with van der Waals surface area (Å²) in [6, 6.07) is 0. The fourth-order valence-electron chi connectivity index (χ4n) is 0.203. The minimum atomic E-state index is -2.39. The van der Waals surface area contributed by atoms with Gasteiger partial charge in [0.15, 0.2) is 0 Å².